The van der Waals surface area contributed by atoms with Crippen LogP contribution in [0.15, 0.2) is 11.6 Å². The molecule has 0 saturated carbocycles. The molecule has 2 fully saturated rings. The molecule has 2 aromatic rings. The van der Waals surface area contributed by atoms with E-state index in [1.807, 2.05) is 22.9 Å². The average Bonchev–Trinajstić information content (AvgIpc) is 3.21. The fraction of sp³-hybridized carbons (Fsp3) is 0.562. The number of morpholine rings is 1. The smallest absolute Gasteiger partial charge is 0.273 e. The second kappa shape index (κ2) is 6.74. The van der Waals surface area contributed by atoms with E-state index in [9.17, 15) is 9.59 Å². The van der Waals surface area contributed by atoms with Gasteiger partial charge in [0.05, 0.1) is 18.9 Å². The summed E-state index contributed by atoms with van der Waals surface area (Å²) in [4.78, 5) is 34.9. The summed E-state index contributed by atoms with van der Waals surface area (Å²) in [5.41, 5.74) is 1.26. The zero-order valence-electron chi connectivity index (χ0n) is 14.1. The topological polar surface area (TPSA) is 79.2 Å². The Hall–Kier alpha value is -1.97. The van der Waals surface area contributed by atoms with Gasteiger partial charge in [-0.1, -0.05) is 0 Å². The van der Waals surface area contributed by atoms with Gasteiger partial charge in [0, 0.05) is 44.3 Å². The minimum absolute atomic E-state index is 0.00687. The van der Waals surface area contributed by atoms with Crippen molar-refractivity contribution in [1.29, 1.82) is 0 Å². The van der Waals surface area contributed by atoms with Crippen LogP contribution in [0.3, 0.4) is 0 Å². The number of aryl methyl sites for hydroxylation is 1. The highest BCUT2D eigenvalue weighted by molar-refractivity contribution is 7.15. The van der Waals surface area contributed by atoms with E-state index in [2.05, 4.69) is 10.3 Å². The molecule has 2 aliphatic rings. The molecule has 0 aromatic carbocycles. The van der Waals surface area contributed by atoms with Gasteiger partial charge in [0.25, 0.3) is 5.91 Å². The van der Waals surface area contributed by atoms with Gasteiger partial charge in [-0.2, -0.15) is 0 Å². The molecular weight excluding hydrogens is 342 g/mol. The molecule has 1 N–H and O–H groups in total. The molecule has 2 amide bonds. The van der Waals surface area contributed by atoms with E-state index in [0.717, 1.165) is 4.96 Å². The standard InChI is InChI=1S/C16H21N5O3S/c1-11-13(21-6-9-25-16(21)18-11)15(23)20-3-2-17-10-12(20)14(22)19-4-7-24-8-5-19/h6,9,12,17H,2-5,7-8,10H2,1H3. The van der Waals surface area contributed by atoms with Crippen LogP contribution < -0.4 is 5.32 Å². The minimum Gasteiger partial charge on any atom is -0.378 e. The molecule has 2 aliphatic heterocycles. The van der Waals surface area contributed by atoms with E-state index < -0.39 is 6.04 Å². The Labute approximate surface area is 149 Å². The van der Waals surface area contributed by atoms with Gasteiger partial charge in [-0.3, -0.25) is 14.0 Å². The lowest BCUT2D eigenvalue weighted by molar-refractivity contribution is -0.140. The molecular formula is C16H21N5O3S. The Morgan fingerprint density at radius 1 is 1.32 bits per heavy atom. The summed E-state index contributed by atoms with van der Waals surface area (Å²) in [5.74, 6) is -0.135. The normalized spacial score (nSPS) is 21.7. The number of imidazole rings is 1. The Morgan fingerprint density at radius 3 is 2.92 bits per heavy atom. The maximum Gasteiger partial charge on any atom is 0.273 e. The molecule has 1 atom stereocenters. The van der Waals surface area contributed by atoms with Gasteiger partial charge in [-0.15, -0.1) is 11.3 Å². The number of piperazine rings is 1. The maximum absolute atomic E-state index is 13.2. The van der Waals surface area contributed by atoms with Gasteiger partial charge in [0.15, 0.2) is 4.96 Å². The van der Waals surface area contributed by atoms with Crippen molar-refractivity contribution in [2.75, 3.05) is 45.9 Å². The summed E-state index contributed by atoms with van der Waals surface area (Å²) in [5, 5.41) is 5.15. The molecule has 4 rings (SSSR count). The van der Waals surface area contributed by atoms with E-state index in [4.69, 9.17) is 4.74 Å². The SMILES string of the molecule is Cc1nc2sccn2c1C(=O)N1CCNCC1C(=O)N1CCOCC1. The minimum atomic E-state index is -0.483. The average molecular weight is 363 g/mol. The van der Waals surface area contributed by atoms with E-state index in [1.54, 1.807) is 9.80 Å². The number of thiazole rings is 1. The first-order valence-corrected chi connectivity index (χ1v) is 9.35. The van der Waals surface area contributed by atoms with Crippen LogP contribution in [0, 0.1) is 6.92 Å². The fourth-order valence-electron chi connectivity index (χ4n) is 3.45. The number of aromatic nitrogens is 2. The van der Waals surface area contributed by atoms with Gasteiger partial charge in [0.1, 0.15) is 11.7 Å². The van der Waals surface area contributed by atoms with Crippen molar-refractivity contribution >= 4 is 28.1 Å². The number of hydrogen-bond acceptors (Lipinski definition) is 6. The molecule has 0 spiro atoms. The summed E-state index contributed by atoms with van der Waals surface area (Å²) in [7, 11) is 0. The molecule has 134 valence electrons. The number of rotatable bonds is 2. The Balaban J connectivity index is 1.62. The highest BCUT2D eigenvalue weighted by Gasteiger charge is 2.37. The third-order valence-electron chi connectivity index (χ3n) is 4.75. The van der Waals surface area contributed by atoms with Crippen LogP contribution in [0.25, 0.3) is 4.96 Å². The molecule has 25 heavy (non-hydrogen) atoms. The van der Waals surface area contributed by atoms with Crippen molar-refractivity contribution in [2.45, 2.75) is 13.0 Å². The van der Waals surface area contributed by atoms with Crippen LogP contribution in [0.5, 0.6) is 0 Å². The second-order valence-electron chi connectivity index (χ2n) is 6.26. The zero-order chi connectivity index (χ0) is 17.4. The molecule has 1 unspecified atom stereocenters. The van der Waals surface area contributed by atoms with Crippen molar-refractivity contribution in [3.63, 3.8) is 0 Å². The summed E-state index contributed by atoms with van der Waals surface area (Å²) < 4.78 is 7.15. The maximum atomic E-state index is 13.2. The predicted octanol–water partition coefficient (Wildman–Crippen LogP) is -0.0230. The molecule has 4 heterocycles. The Kier molecular flexibility index (Phi) is 4.45. The number of ether oxygens (including phenoxy) is 1. The molecule has 2 aromatic heterocycles. The number of fused-ring (bicyclic) bond motifs is 1. The summed E-state index contributed by atoms with van der Waals surface area (Å²) in [6, 6.07) is -0.483. The number of nitrogens with zero attached hydrogens (tertiary/aromatic N) is 4. The second-order valence-corrected chi connectivity index (χ2v) is 7.13. The van der Waals surface area contributed by atoms with E-state index in [0.29, 0.717) is 57.3 Å². The van der Waals surface area contributed by atoms with Gasteiger partial charge >= 0.3 is 0 Å². The molecule has 0 aliphatic carbocycles. The highest BCUT2D eigenvalue weighted by Crippen LogP contribution is 2.20. The largest absolute Gasteiger partial charge is 0.378 e. The molecule has 0 radical (unpaired) electrons. The van der Waals surface area contributed by atoms with Crippen LogP contribution >= 0.6 is 11.3 Å². The number of nitrogens with one attached hydrogen (secondary N) is 1. The van der Waals surface area contributed by atoms with Gasteiger partial charge in [-0.25, -0.2) is 4.98 Å². The van der Waals surface area contributed by atoms with Crippen LogP contribution in [-0.4, -0.2) is 83.0 Å². The first kappa shape index (κ1) is 16.5. The Morgan fingerprint density at radius 2 is 2.12 bits per heavy atom. The first-order chi connectivity index (χ1) is 12.2. The summed E-state index contributed by atoms with van der Waals surface area (Å²) in [6.45, 7) is 5.78. The quantitative estimate of drug-likeness (QED) is 0.811. The number of amides is 2. The van der Waals surface area contributed by atoms with E-state index in [-0.39, 0.29) is 11.8 Å². The number of hydrogen-bond donors (Lipinski definition) is 1. The van der Waals surface area contributed by atoms with Crippen LogP contribution in [0.1, 0.15) is 16.2 Å². The summed E-state index contributed by atoms with van der Waals surface area (Å²) >= 11 is 1.50. The molecule has 0 bridgehead atoms. The van der Waals surface area contributed by atoms with Crippen molar-refractivity contribution < 1.29 is 14.3 Å². The van der Waals surface area contributed by atoms with Gasteiger partial charge in [0.2, 0.25) is 5.91 Å². The van der Waals surface area contributed by atoms with Crippen molar-refractivity contribution in [2.24, 2.45) is 0 Å². The van der Waals surface area contributed by atoms with Crippen molar-refractivity contribution in [3.05, 3.63) is 23.0 Å². The predicted molar refractivity (Wildman–Crippen MR) is 92.9 cm³/mol. The Bertz CT molecular complexity index is 795. The van der Waals surface area contributed by atoms with Crippen molar-refractivity contribution in [3.8, 4) is 0 Å². The van der Waals surface area contributed by atoms with Crippen LogP contribution in [0.2, 0.25) is 0 Å². The monoisotopic (exact) mass is 363 g/mol. The van der Waals surface area contributed by atoms with Crippen molar-refractivity contribution in [1.82, 2.24) is 24.5 Å². The lowest BCUT2D eigenvalue weighted by atomic mass is 10.1. The molecule has 8 nitrogen and oxygen atoms in total. The van der Waals surface area contributed by atoms with E-state index in [1.165, 1.54) is 11.3 Å². The summed E-state index contributed by atoms with van der Waals surface area (Å²) in [6.07, 6.45) is 1.86. The lowest BCUT2D eigenvalue weighted by Gasteiger charge is -2.39. The lowest BCUT2D eigenvalue weighted by Crippen LogP contribution is -2.61. The van der Waals surface area contributed by atoms with Crippen LogP contribution in [0.4, 0.5) is 0 Å². The molecule has 2 saturated heterocycles. The molecule has 9 heteroatoms. The van der Waals surface area contributed by atoms with Crippen LogP contribution in [-0.2, 0) is 9.53 Å². The third kappa shape index (κ3) is 2.92. The van der Waals surface area contributed by atoms with Gasteiger partial charge < -0.3 is 19.9 Å². The first-order valence-electron chi connectivity index (χ1n) is 8.47. The zero-order valence-corrected chi connectivity index (χ0v) is 14.9. The van der Waals surface area contributed by atoms with Gasteiger partial charge in [-0.05, 0) is 6.92 Å². The number of carbonyl (C=O) groups excluding carboxylic acids is 2. The fourth-order valence-corrected chi connectivity index (χ4v) is 4.21. The third-order valence-corrected chi connectivity index (χ3v) is 5.51. The van der Waals surface area contributed by atoms with E-state index >= 15 is 0 Å². The number of carbonyl (C=O) groups is 2. The highest BCUT2D eigenvalue weighted by atomic mass is 32.1.